The average Bonchev–Trinajstić information content (AvgIpc) is 3.29. The molecule has 1 atom stereocenters. The van der Waals surface area contributed by atoms with E-state index in [1.165, 1.54) is 11.6 Å². The van der Waals surface area contributed by atoms with Crippen molar-refractivity contribution in [3.8, 4) is 0 Å². The molecule has 7 nitrogen and oxygen atoms in total. The second-order valence-electron chi connectivity index (χ2n) is 6.50. The van der Waals surface area contributed by atoms with Crippen molar-refractivity contribution < 1.29 is 19.1 Å². The van der Waals surface area contributed by atoms with Crippen LogP contribution >= 0.6 is 0 Å². The molecule has 1 aliphatic rings. The zero-order valence-corrected chi connectivity index (χ0v) is 14.7. The summed E-state index contributed by atoms with van der Waals surface area (Å²) in [4.78, 5) is 27.2. The minimum absolute atomic E-state index is 0.130. The zero-order chi connectivity index (χ0) is 18.5. The van der Waals surface area contributed by atoms with Crippen LogP contribution in [0.1, 0.15) is 28.3 Å². The lowest BCUT2D eigenvalue weighted by molar-refractivity contribution is 0.0660. The number of likely N-dealkylation sites (tertiary alicyclic amines) is 1. The van der Waals surface area contributed by atoms with Gasteiger partial charge < -0.3 is 19.7 Å². The Kier molecular flexibility index (Phi) is 5.58. The highest BCUT2D eigenvalue weighted by molar-refractivity contribution is 5.84. The maximum atomic E-state index is 12.3. The molecule has 0 aliphatic carbocycles. The first kappa shape index (κ1) is 18.0. The third-order valence-electron chi connectivity index (χ3n) is 4.65. The first-order valence-electron chi connectivity index (χ1n) is 8.62. The van der Waals surface area contributed by atoms with Gasteiger partial charge in [0.25, 0.3) is 0 Å². The summed E-state index contributed by atoms with van der Waals surface area (Å²) in [7, 11) is 1.79. The number of nitrogens with one attached hydrogen (secondary N) is 1. The molecule has 2 aromatic rings. The van der Waals surface area contributed by atoms with E-state index in [0.717, 1.165) is 26.1 Å². The molecule has 1 aromatic heterocycles. The third kappa shape index (κ3) is 4.43. The first-order chi connectivity index (χ1) is 12.5. The van der Waals surface area contributed by atoms with Gasteiger partial charge in [-0.3, -0.25) is 4.90 Å². The normalized spacial score (nSPS) is 17.2. The van der Waals surface area contributed by atoms with E-state index in [2.05, 4.69) is 22.3 Å². The monoisotopic (exact) mass is 357 g/mol. The number of hydrogen-bond donors (Lipinski definition) is 2. The molecule has 7 heteroatoms. The maximum absolute atomic E-state index is 12.3. The lowest BCUT2D eigenvalue weighted by Gasteiger charge is -2.25. The molecular weight excluding hydrogens is 334 g/mol. The summed E-state index contributed by atoms with van der Waals surface area (Å²) in [6.07, 6.45) is 0.931. The molecule has 2 amide bonds. The van der Waals surface area contributed by atoms with Gasteiger partial charge in [0.2, 0.25) is 5.76 Å². The highest BCUT2D eigenvalue weighted by atomic mass is 16.4. The Balaban J connectivity index is 1.47. The van der Waals surface area contributed by atoms with Crippen molar-refractivity contribution in [2.75, 3.05) is 20.1 Å². The second kappa shape index (κ2) is 8.05. The van der Waals surface area contributed by atoms with Gasteiger partial charge in [-0.1, -0.05) is 30.3 Å². The van der Waals surface area contributed by atoms with Crippen molar-refractivity contribution in [1.29, 1.82) is 0 Å². The van der Waals surface area contributed by atoms with Gasteiger partial charge in [0.1, 0.15) is 5.76 Å². The molecule has 0 spiro atoms. The molecule has 26 heavy (non-hydrogen) atoms. The highest BCUT2D eigenvalue weighted by Gasteiger charge is 2.28. The molecule has 0 saturated carbocycles. The van der Waals surface area contributed by atoms with E-state index in [9.17, 15) is 9.59 Å². The lowest BCUT2D eigenvalue weighted by Crippen LogP contribution is -2.44. The number of benzene rings is 1. The molecule has 3 rings (SSSR count). The Morgan fingerprint density at radius 2 is 2.04 bits per heavy atom. The van der Waals surface area contributed by atoms with E-state index in [4.69, 9.17) is 9.52 Å². The van der Waals surface area contributed by atoms with E-state index >= 15 is 0 Å². The van der Waals surface area contributed by atoms with Crippen LogP contribution in [0, 0.1) is 0 Å². The van der Waals surface area contributed by atoms with E-state index in [-0.39, 0.29) is 24.4 Å². The summed E-state index contributed by atoms with van der Waals surface area (Å²) in [6, 6.07) is 13.2. The molecule has 1 aromatic carbocycles. The predicted molar refractivity (Wildman–Crippen MR) is 95.8 cm³/mol. The van der Waals surface area contributed by atoms with Crippen molar-refractivity contribution in [3.63, 3.8) is 0 Å². The Hall–Kier alpha value is -2.80. The fraction of sp³-hybridized carbons (Fsp3) is 0.368. The number of carboxylic acid groups (broad SMARTS) is 1. The Labute approximate surface area is 152 Å². The number of aromatic carboxylic acids is 1. The topological polar surface area (TPSA) is 86.0 Å². The van der Waals surface area contributed by atoms with Crippen LogP contribution in [0.5, 0.6) is 0 Å². The Bertz CT molecular complexity index is 759. The van der Waals surface area contributed by atoms with Gasteiger partial charge in [-0.25, -0.2) is 9.59 Å². The summed E-state index contributed by atoms with van der Waals surface area (Å²) in [5, 5.41) is 11.6. The molecule has 0 radical (unpaired) electrons. The molecule has 1 saturated heterocycles. The molecule has 1 unspecified atom stereocenters. The number of hydrogen-bond acceptors (Lipinski definition) is 4. The van der Waals surface area contributed by atoms with Gasteiger partial charge in [-0.05, 0) is 24.1 Å². The minimum atomic E-state index is -1.12. The van der Waals surface area contributed by atoms with Crippen molar-refractivity contribution in [3.05, 3.63) is 59.5 Å². The minimum Gasteiger partial charge on any atom is -0.475 e. The van der Waals surface area contributed by atoms with Crippen LogP contribution < -0.4 is 5.32 Å². The SMILES string of the molecule is CN(C(=O)NCc1ccc(C(=O)O)o1)C1CCN(Cc2ccccc2)C1. The average molecular weight is 357 g/mol. The van der Waals surface area contributed by atoms with Crippen LogP contribution in [-0.2, 0) is 13.1 Å². The van der Waals surface area contributed by atoms with Crippen molar-refractivity contribution >= 4 is 12.0 Å². The van der Waals surface area contributed by atoms with Gasteiger partial charge in [0, 0.05) is 32.7 Å². The van der Waals surface area contributed by atoms with Crippen molar-refractivity contribution in [1.82, 2.24) is 15.1 Å². The van der Waals surface area contributed by atoms with Gasteiger partial charge in [0.15, 0.2) is 0 Å². The molecule has 1 fully saturated rings. The molecule has 1 aliphatic heterocycles. The highest BCUT2D eigenvalue weighted by Crippen LogP contribution is 2.17. The van der Waals surface area contributed by atoms with Gasteiger partial charge in [-0.2, -0.15) is 0 Å². The van der Waals surface area contributed by atoms with Crippen LogP contribution in [0.4, 0.5) is 4.79 Å². The number of amides is 2. The summed E-state index contributed by atoms with van der Waals surface area (Å²) < 4.78 is 5.14. The number of carbonyl (C=O) groups is 2. The smallest absolute Gasteiger partial charge is 0.371 e. The van der Waals surface area contributed by atoms with Crippen molar-refractivity contribution in [2.45, 2.75) is 25.6 Å². The lowest BCUT2D eigenvalue weighted by atomic mass is 10.2. The number of likely N-dealkylation sites (N-methyl/N-ethyl adjacent to an activating group) is 1. The Morgan fingerprint density at radius 3 is 2.73 bits per heavy atom. The van der Waals surface area contributed by atoms with Crippen LogP contribution in [0.2, 0.25) is 0 Å². The molecule has 0 bridgehead atoms. The van der Waals surface area contributed by atoms with Gasteiger partial charge in [0.05, 0.1) is 6.54 Å². The third-order valence-corrected chi connectivity index (χ3v) is 4.65. The van der Waals surface area contributed by atoms with Crippen molar-refractivity contribution in [2.24, 2.45) is 0 Å². The fourth-order valence-corrected chi connectivity index (χ4v) is 3.15. The summed E-state index contributed by atoms with van der Waals surface area (Å²) in [6.45, 7) is 2.84. The second-order valence-corrected chi connectivity index (χ2v) is 6.50. The largest absolute Gasteiger partial charge is 0.475 e. The molecular formula is C19H23N3O4. The zero-order valence-electron chi connectivity index (χ0n) is 14.7. The standard InChI is InChI=1S/C19H23N3O4/c1-21(19(25)20-11-16-7-8-17(26-16)18(23)24)15-9-10-22(13-15)12-14-5-3-2-4-6-14/h2-8,15H,9-13H2,1H3,(H,20,25)(H,23,24). The molecule has 138 valence electrons. The number of furan rings is 1. The van der Waals surface area contributed by atoms with Gasteiger partial charge >= 0.3 is 12.0 Å². The number of carboxylic acids is 1. The van der Waals surface area contributed by atoms with Crippen LogP contribution in [-0.4, -0.2) is 53.1 Å². The van der Waals surface area contributed by atoms with E-state index in [1.807, 2.05) is 18.2 Å². The van der Waals surface area contributed by atoms with Crippen LogP contribution in [0.3, 0.4) is 0 Å². The number of rotatable bonds is 6. The summed E-state index contributed by atoms with van der Waals surface area (Å²) in [5.41, 5.74) is 1.27. The number of carbonyl (C=O) groups excluding carboxylic acids is 1. The van der Waals surface area contributed by atoms with E-state index < -0.39 is 5.97 Å². The number of urea groups is 1. The fourth-order valence-electron chi connectivity index (χ4n) is 3.15. The van der Waals surface area contributed by atoms with E-state index in [0.29, 0.717) is 5.76 Å². The first-order valence-corrected chi connectivity index (χ1v) is 8.62. The predicted octanol–water partition coefficient (Wildman–Crippen LogP) is 2.39. The maximum Gasteiger partial charge on any atom is 0.371 e. The summed E-state index contributed by atoms with van der Waals surface area (Å²) >= 11 is 0. The van der Waals surface area contributed by atoms with E-state index in [1.54, 1.807) is 18.0 Å². The van der Waals surface area contributed by atoms with Gasteiger partial charge in [-0.15, -0.1) is 0 Å². The quantitative estimate of drug-likeness (QED) is 0.829. The number of nitrogens with zero attached hydrogens (tertiary/aromatic N) is 2. The summed E-state index contributed by atoms with van der Waals surface area (Å²) in [5.74, 6) is -0.833. The van der Waals surface area contributed by atoms with Crippen LogP contribution in [0.25, 0.3) is 0 Å². The molecule has 2 N–H and O–H groups in total. The Morgan fingerprint density at radius 1 is 1.27 bits per heavy atom. The van der Waals surface area contributed by atoms with Crippen LogP contribution in [0.15, 0.2) is 46.9 Å². The molecule has 2 heterocycles.